The van der Waals surface area contributed by atoms with Crippen molar-refractivity contribution >= 4 is 5.95 Å². The molecule has 1 atom stereocenters. The Labute approximate surface area is 148 Å². The Hall–Kier alpha value is -2.05. The van der Waals surface area contributed by atoms with Crippen molar-refractivity contribution in [2.45, 2.75) is 31.4 Å². The predicted octanol–water partition coefficient (Wildman–Crippen LogP) is 2.13. The average molecular weight is 339 g/mol. The summed E-state index contributed by atoms with van der Waals surface area (Å²) in [5.41, 5.74) is 1.23. The second-order valence-electron chi connectivity index (χ2n) is 6.99. The van der Waals surface area contributed by atoms with Gasteiger partial charge in [0.05, 0.1) is 12.2 Å². The van der Waals surface area contributed by atoms with Gasteiger partial charge in [0.1, 0.15) is 0 Å². The average Bonchev–Trinajstić information content (AvgIpc) is 2.86. The van der Waals surface area contributed by atoms with Gasteiger partial charge >= 0.3 is 0 Å². The van der Waals surface area contributed by atoms with E-state index in [2.05, 4.69) is 30.8 Å². The van der Waals surface area contributed by atoms with Gasteiger partial charge in [0.15, 0.2) is 0 Å². The van der Waals surface area contributed by atoms with Crippen molar-refractivity contribution in [3.05, 3.63) is 48.5 Å². The molecule has 0 N–H and O–H groups in total. The smallest absolute Gasteiger partial charge is 0.225 e. The third-order valence-corrected chi connectivity index (χ3v) is 5.19. The molecule has 6 nitrogen and oxygen atoms in total. The highest BCUT2D eigenvalue weighted by Crippen LogP contribution is 2.31. The van der Waals surface area contributed by atoms with Crippen molar-refractivity contribution in [3.8, 4) is 0 Å². The van der Waals surface area contributed by atoms with Crippen LogP contribution in [0.1, 0.15) is 24.8 Å². The first-order valence-electron chi connectivity index (χ1n) is 9.10. The SMILES string of the molecule is c1cnc(N2CCCC3(CC2)CN(Cc2cccnc2)CCO3)nc1. The minimum atomic E-state index is -0.0377. The van der Waals surface area contributed by atoms with Gasteiger partial charge in [-0.3, -0.25) is 9.88 Å². The highest BCUT2D eigenvalue weighted by Gasteiger charge is 2.38. The normalized spacial score (nSPS) is 25.0. The van der Waals surface area contributed by atoms with E-state index in [0.29, 0.717) is 0 Å². The summed E-state index contributed by atoms with van der Waals surface area (Å²) in [6.45, 7) is 5.68. The third-order valence-electron chi connectivity index (χ3n) is 5.19. The Kier molecular flexibility index (Phi) is 4.90. The van der Waals surface area contributed by atoms with Crippen molar-refractivity contribution in [3.63, 3.8) is 0 Å². The molecule has 0 radical (unpaired) electrons. The topological polar surface area (TPSA) is 54.4 Å². The second-order valence-corrected chi connectivity index (χ2v) is 6.99. The van der Waals surface area contributed by atoms with Crippen LogP contribution < -0.4 is 4.90 Å². The molecule has 2 aromatic rings. The molecule has 2 aromatic heterocycles. The maximum atomic E-state index is 6.31. The van der Waals surface area contributed by atoms with Gasteiger partial charge in [-0.05, 0) is 37.0 Å². The fourth-order valence-corrected chi connectivity index (χ4v) is 3.93. The van der Waals surface area contributed by atoms with E-state index in [-0.39, 0.29) is 5.60 Å². The summed E-state index contributed by atoms with van der Waals surface area (Å²) in [6, 6.07) is 6.02. The van der Waals surface area contributed by atoms with Crippen LogP contribution >= 0.6 is 0 Å². The largest absolute Gasteiger partial charge is 0.372 e. The molecule has 1 unspecified atom stereocenters. The molecule has 132 valence electrons. The second kappa shape index (κ2) is 7.45. The maximum Gasteiger partial charge on any atom is 0.225 e. The van der Waals surface area contributed by atoms with Gasteiger partial charge in [-0.15, -0.1) is 0 Å². The summed E-state index contributed by atoms with van der Waals surface area (Å²) in [4.78, 5) is 17.8. The van der Waals surface area contributed by atoms with E-state index in [1.807, 2.05) is 36.9 Å². The quantitative estimate of drug-likeness (QED) is 0.854. The van der Waals surface area contributed by atoms with Crippen molar-refractivity contribution in [1.29, 1.82) is 0 Å². The Balaban J connectivity index is 1.41. The van der Waals surface area contributed by atoms with E-state index in [4.69, 9.17) is 4.74 Å². The summed E-state index contributed by atoms with van der Waals surface area (Å²) in [5.74, 6) is 0.836. The summed E-state index contributed by atoms with van der Waals surface area (Å²) >= 11 is 0. The van der Waals surface area contributed by atoms with E-state index < -0.39 is 0 Å². The molecule has 0 aliphatic carbocycles. The highest BCUT2D eigenvalue weighted by molar-refractivity contribution is 5.28. The molecule has 0 aromatic carbocycles. The third kappa shape index (κ3) is 3.96. The lowest BCUT2D eigenvalue weighted by molar-refractivity contribution is -0.117. The summed E-state index contributed by atoms with van der Waals surface area (Å²) in [6.07, 6.45) is 10.7. The summed E-state index contributed by atoms with van der Waals surface area (Å²) in [7, 11) is 0. The fraction of sp³-hybridized carbons (Fsp3) is 0.526. The number of hydrogen-bond acceptors (Lipinski definition) is 6. The monoisotopic (exact) mass is 339 g/mol. The van der Waals surface area contributed by atoms with Crippen LogP contribution in [-0.2, 0) is 11.3 Å². The number of morpholine rings is 1. The molecule has 2 aliphatic rings. The lowest BCUT2D eigenvalue weighted by atomic mass is 9.92. The van der Waals surface area contributed by atoms with Crippen LogP contribution in [0.4, 0.5) is 5.95 Å². The number of pyridine rings is 1. The number of rotatable bonds is 3. The van der Waals surface area contributed by atoms with Crippen molar-refractivity contribution < 1.29 is 4.74 Å². The molecule has 0 bridgehead atoms. The predicted molar refractivity (Wildman–Crippen MR) is 96.3 cm³/mol. The fourth-order valence-electron chi connectivity index (χ4n) is 3.93. The van der Waals surface area contributed by atoms with Crippen LogP contribution in [-0.4, -0.2) is 58.2 Å². The van der Waals surface area contributed by atoms with Gasteiger partial charge in [0, 0.05) is 57.5 Å². The highest BCUT2D eigenvalue weighted by atomic mass is 16.5. The standard InChI is InChI=1S/C19H25N5O/c1-4-17(14-20-7-1)15-23-12-13-25-19(16-23)5-2-10-24(11-6-19)18-21-8-3-9-22-18/h1,3-4,7-9,14H,2,5-6,10-13,15-16H2. The molecule has 1 spiro atoms. The number of hydrogen-bond donors (Lipinski definition) is 0. The Morgan fingerprint density at radius 1 is 1.04 bits per heavy atom. The van der Waals surface area contributed by atoms with Gasteiger partial charge in [0.2, 0.25) is 5.95 Å². The Morgan fingerprint density at radius 2 is 1.96 bits per heavy atom. The van der Waals surface area contributed by atoms with Crippen LogP contribution in [0, 0.1) is 0 Å². The minimum Gasteiger partial charge on any atom is -0.372 e. The molecular weight excluding hydrogens is 314 g/mol. The molecular formula is C19H25N5O. The lowest BCUT2D eigenvalue weighted by Gasteiger charge is -2.42. The number of anilines is 1. The molecule has 6 heteroatoms. The van der Waals surface area contributed by atoms with Crippen LogP contribution in [0.3, 0.4) is 0 Å². The Bertz CT molecular complexity index is 668. The summed E-state index contributed by atoms with van der Waals surface area (Å²) < 4.78 is 6.31. The number of ether oxygens (including phenoxy) is 1. The Morgan fingerprint density at radius 3 is 2.80 bits per heavy atom. The molecule has 4 rings (SSSR count). The number of nitrogens with zero attached hydrogens (tertiary/aromatic N) is 5. The van der Waals surface area contributed by atoms with E-state index in [0.717, 1.165) is 64.5 Å². The van der Waals surface area contributed by atoms with E-state index in [1.165, 1.54) is 5.56 Å². The molecule has 0 saturated carbocycles. The maximum absolute atomic E-state index is 6.31. The zero-order valence-electron chi connectivity index (χ0n) is 14.5. The van der Waals surface area contributed by atoms with Crippen molar-refractivity contribution in [1.82, 2.24) is 19.9 Å². The zero-order chi connectivity index (χ0) is 17.0. The first-order valence-corrected chi connectivity index (χ1v) is 9.10. The molecule has 2 aliphatic heterocycles. The van der Waals surface area contributed by atoms with Crippen LogP contribution in [0.2, 0.25) is 0 Å². The molecule has 2 fully saturated rings. The minimum absolute atomic E-state index is 0.0377. The number of aromatic nitrogens is 3. The van der Waals surface area contributed by atoms with E-state index >= 15 is 0 Å². The summed E-state index contributed by atoms with van der Waals surface area (Å²) in [5, 5.41) is 0. The first-order chi connectivity index (χ1) is 12.3. The lowest BCUT2D eigenvalue weighted by Crippen LogP contribution is -2.51. The van der Waals surface area contributed by atoms with E-state index in [1.54, 1.807) is 0 Å². The van der Waals surface area contributed by atoms with Crippen molar-refractivity contribution in [2.75, 3.05) is 37.7 Å². The van der Waals surface area contributed by atoms with Gasteiger partial charge < -0.3 is 9.64 Å². The van der Waals surface area contributed by atoms with Gasteiger partial charge in [-0.2, -0.15) is 0 Å². The van der Waals surface area contributed by atoms with Crippen molar-refractivity contribution in [2.24, 2.45) is 0 Å². The van der Waals surface area contributed by atoms with Gasteiger partial charge in [-0.25, -0.2) is 9.97 Å². The first kappa shape index (κ1) is 16.4. The van der Waals surface area contributed by atoms with E-state index in [9.17, 15) is 0 Å². The molecule has 2 saturated heterocycles. The molecule has 25 heavy (non-hydrogen) atoms. The molecule has 4 heterocycles. The van der Waals surface area contributed by atoms with Gasteiger partial charge in [-0.1, -0.05) is 6.07 Å². The van der Waals surface area contributed by atoms with Crippen LogP contribution in [0.5, 0.6) is 0 Å². The van der Waals surface area contributed by atoms with Gasteiger partial charge in [0.25, 0.3) is 0 Å². The molecule has 0 amide bonds. The zero-order valence-corrected chi connectivity index (χ0v) is 14.5. The van der Waals surface area contributed by atoms with Crippen LogP contribution in [0.15, 0.2) is 43.0 Å². The van der Waals surface area contributed by atoms with Crippen LogP contribution in [0.25, 0.3) is 0 Å².